The first-order chi connectivity index (χ1) is 9.83. The number of methoxy groups -OCH3 is 1. The van der Waals surface area contributed by atoms with E-state index in [0.717, 1.165) is 12.3 Å². The van der Waals surface area contributed by atoms with Crippen molar-refractivity contribution in [3.63, 3.8) is 0 Å². The molecule has 0 spiro atoms. The van der Waals surface area contributed by atoms with E-state index in [9.17, 15) is 0 Å². The van der Waals surface area contributed by atoms with Gasteiger partial charge in [-0.15, -0.1) is 0 Å². The van der Waals surface area contributed by atoms with Crippen LogP contribution in [0.1, 0.15) is 49.3 Å². The summed E-state index contributed by atoms with van der Waals surface area (Å²) in [5.74, 6) is 0.985. The molecule has 1 aliphatic heterocycles. The van der Waals surface area contributed by atoms with E-state index in [1.54, 1.807) is 7.11 Å². The van der Waals surface area contributed by atoms with Crippen molar-refractivity contribution in [1.82, 2.24) is 4.90 Å². The van der Waals surface area contributed by atoms with Crippen molar-refractivity contribution in [2.24, 2.45) is 5.73 Å². The number of piperidine rings is 1. The van der Waals surface area contributed by atoms with Crippen molar-refractivity contribution < 1.29 is 4.74 Å². The quantitative estimate of drug-likeness (QED) is 0.921. The van der Waals surface area contributed by atoms with Gasteiger partial charge in [-0.05, 0) is 61.9 Å². The average molecular weight is 274 g/mol. The number of nitrogens with zero attached hydrogens (tertiary/aromatic N) is 1. The van der Waals surface area contributed by atoms with Crippen LogP contribution in [-0.4, -0.2) is 31.1 Å². The lowest BCUT2D eigenvalue weighted by Crippen LogP contribution is -2.46. The van der Waals surface area contributed by atoms with E-state index >= 15 is 0 Å². The monoisotopic (exact) mass is 274 g/mol. The zero-order chi connectivity index (χ0) is 13.9. The fraction of sp³-hybridized carbons (Fsp3) is 0.647. The summed E-state index contributed by atoms with van der Waals surface area (Å²) in [7, 11) is 1.75. The number of fused-ring (bicyclic) bond motifs is 1. The Labute approximate surface area is 122 Å². The van der Waals surface area contributed by atoms with Crippen LogP contribution in [-0.2, 0) is 6.42 Å². The number of nitrogens with two attached hydrogens (primary N) is 1. The Morgan fingerprint density at radius 2 is 2.15 bits per heavy atom. The molecule has 3 nitrogen and oxygen atoms in total. The van der Waals surface area contributed by atoms with E-state index < -0.39 is 0 Å². The van der Waals surface area contributed by atoms with Gasteiger partial charge in [0.1, 0.15) is 5.75 Å². The van der Waals surface area contributed by atoms with Gasteiger partial charge in [0.2, 0.25) is 0 Å². The lowest BCUT2D eigenvalue weighted by atomic mass is 9.84. The number of ether oxygens (including phenoxy) is 1. The molecule has 0 aromatic heterocycles. The number of rotatable bonds is 3. The van der Waals surface area contributed by atoms with Crippen LogP contribution in [0.5, 0.6) is 5.75 Å². The fourth-order valence-electron chi connectivity index (χ4n) is 3.92. The maximum atomic E-state index is 6.00. The number of likely N-dealkylation sites (tertiary alicyclic amines) is 1. The molecule has 1 fully saturated rings. The number of hydrogen-bond donors (Lipinski definition) is 1. The topological polar surface area (TPSA) is 38.5 Å². The Kier molecular flexibility index (Phi) is 4.27. The predicted molar refractivity (Wildman–Crippen MR) is 82.1 cm³/mol. The van der Waals surface area contributed by atoms with E-state index in [2.05, 4.69) is 23.1 Å². The average Bonchev–Trinajstić information content (AvgIpc) is 2.53. The molecule has 2 atom stereocenters. The summed E-state index contributed by atoms with van der Waals surface area (Å²) < 4.78 is 5.37. The van der Waals surface area contributed by atoms with Crippen molar-refractivity contribution in [3.05, 3.63) is 29.3 Å². The summed E-state index contributed by atoms with van der Waals surface area (Å²) >= 11 is 0. The molecule has 1 aromatic carbocycles. The van der Waals surface area contributed by atoms with Crippen LogP contribution < -0.4 is 10.5 Å². The zero-order valence-corrected chi connectivity index (χ0v) is 12.5. The van der Waals surface area contributed by atoms with Gasteiger partial charge in [-0.25, -0.2) is 0 Å². The molecule has 1 aromatic rings. The molecule has 0 saturated carbocycles. The van der Waals surface area contributed by atoms with Gasteiger partial charge in [-0.3, -0.25) is 4.90 Å². The maximum Gasteiger partial charge on any atom is 0.119 e. The molecule has 0 radical (unpaired) electrons. The van der Waals surface area contributed by atoms with Crippen molar-refractivity contribution in [1.29, 1.82) is 0 Å². The molecule has 2 unspecified atom stereocenters. The van der Waals surface area contributed by atoms with Crippen molar-refractivity contribution in [2.45, 2.75) is 50.6 Å². The van der Waals surface area contributed by atoms with Crippen LogP contribution in [0.4, 0.5) is 0 Å². The Morgan fingerprint density at radius 3 is 2.95 bits per heavy atom. The molecule has 20 heavy (non-hydrogen) atoms. The normalized spacial score (nSPS) is 27.1. The third-order valence-corrected chi connectivity index (χ3v) is 4.98. The van der Waals surface area contributed by atoms with Crippen molar-refractivity contribution in [3.8, 4) is 5.75 Å². The molecule has 1 saturated heterocycles. The lowest BCUT2D eigenvalue weighted by Gasteiger charge is -2.43. The number of benzene rings is 1. The summed E-state index contributed by atoms with van der Waals surface area (Å²) in [5, 5.41) is 0. The van der Waals surface area contributed by atoms with Gasteiger partial charge >= 0.3 is 0 Å². The third-order valence-electron chi connectivity index (χ3n) is 4.98. The molecule has 3 rings (SSSR count). The minimum Gasteiger partial charge on any atom is -0.497 e. The first-order valence-electron chi connectivity index (χ1n) is 7.96. The summed E-state index contributed by atoms with van der Waals surface area (Å²) in [4.78, 5) is 2.67. The number of aryl methyl sites for hydroxylation is 1. The molecule has 2 N–H and O–H groups in total. The highest BCUT2D eigenvalue weighted by Gasteiger charge is 2.31. The van der Waals surface area contributed by atoms with Crippen molar-refractivity contribution >= 4 is 0 Å². The van der Waals surface area contributed by atoms with Gasteiger partial charge in [-0.1, -0.05) is 12.5 Å². The summed E-state index contributed by atoms with van der Waals surface area (Å²) in [6.07, 6.45) is 7.65. The number of hydrogen-bond acceptors (Lipinski definition) is 3. The molecule has 1 heterocycles. The van der Waals surface area contributed by atoms with E-state index in [0.29, 0.717) is 12.1 Å². The highest BCUT2D eigenvalue weighted by Crippen LogP contribution is 2.38. The van der Waals surface area contributed by atoms with Crippen molar-refractivity contribution in [2.75, 3.05) is 20.2 Å². The van der Waals surface area contributed by atoms with E-state index in [4.69, 9.17) is 10.5 Å². The van der Waals surface area contributed by atoms with Gasteiger partial charge in [0.05, 0.1) is 7.11 Å². The van der Waals surface area contributed by atoms with E-state index in [1.807, 2.05) is 0 Å². The standard InChI is InChI=1S/C17H26N2O/c1-20-15-8-9-16-13(11-15)5-4-7-17(16)19-10-3-2-6-14(19)12-18/h8-9,11,14,17H,2-7,10,12,18H2,1H3. The molecule has 2 aliphatic rings. The molecule has 3 heteroatoms. The van der Waals surface area contributed by atoms with E-state index in [1.165, 1.54) is 56.2 Å². The van der Waals surface area contributed by atoms with Crippen LogP contribution in [0.25, 0.3) is 0 Å². The van der Waals surface area contributed by atoms with Crippen LogP contribution >= 0.6 is 0 Å². The fourth-order valence-corrected chi connectivity index (χ4v) is 3.92. The summed E-state index contributed by atoms with van der Waals surface area (Å²) in [5.41, 5.74) is 8.99. The Hall–Kier alpha value is -1.06. The van der Waals surface area contributed by atoms with Gasteiger partial charge in [0, 0.05) is 18.6 Å². The Balaban J connectivity index is 1.88. The van der Waals surface area contributed by atoms with Crippen LogP contribution in [0, 0.1) is 0 Å². The maximum absolute atomic E-state index is 6.00. The highest BCUT2D eigenvalue weighted by molar-refractivity contribution is 5.39. The Morgan fingerprint density at radius 1 is 1.25 bits per heavy atom. The van der Waals surface area contributed by atoms with Crippen LogP contribution in [0.15, 0.2) is 18.2 Å². The third kappa shape index (κ3) is 2.57. The van der Waals surface area contributed by atoms with E-state index in [-0.39, 0.29) is 0 Å². The minimum atomic E-state index is 0.568. The molecular formula is C17H26N2O. The second-order valence-electron chi connectivity index (χ2n) is 6.10. The predicted octanol–water partition coefficient (Wildman–Crippen LogP) is 2.89. The molecular weight excluding hydrogens is 248 g/mol. The highest BCUT2D eigenvalue weighted by atomic mass is 16.5. The minimum absolute atomic E-state index is 0.568. The van der Waals surface area contributed by atoms with Gasteiger partial charge in [0.25, 0.3) is 0 Å². The Bertz CT molecular complexity index is 460. The molecule has 0 amide bonds. The first kappa shape index (κ1) is 13.9. The largest absolute Gasteiger partial charge is 0.497 e. The smallest absolute Gasteiger partial charge is 0.119 e. The lowest BCUT2D eigenvalue weighted by molar-refractivity contribution is 0.0883. The summed E-state index contributed by atoms with van der Waals surface area (Å²) in [6, 6.07) is 7.75. The van der Waals surface area contributed by atoms with Gasteiger partial charge in [0.15, 0.2) is 0 Å². The molecule has 1 aliphatic carbocycles. The molecule has 110 valence electrons. The zero-order valence-electron chi connectivity index (χ0n) is 12.5. The summed E-state index contributed by atoms with van der Waals surface area (Å²) in [6.45, 7) is 2.00. The second kappa shape index (κ2) is 6.15. The van der Waals surface area contributed by atoms with Gasteiger partial charge in [-0.2, -0.15) is 0 Å². The van der Waals surface area contributed by atoms with Crippen LogP contribution in [0.3, 0.4) is 0 Å². The first-order valence-corrected chi connectivity index (χ1v) is 7.96. The SMILES string of the molecule is COc1ccc2c(c1)CCCC2N1CCCCC1CN. The second-order valence-corrected chi connectivity index (χ2v) is 6.10. The van der Waals surface area contributed by atoms with Crippen LogP contribution in [0.2, 0.25) is 0 Å². The molecule has 0 bridgehead atoms. The van der Waals surface area contributed by atoms with Gasteiger partial charge < -0.3 is 10.5 Å².